The topological polar surface area (TPSA) is 66.8 Å². The van der Waals surface area contributed by atoms with Crippen molar-refractivity contribution in [2.75, 3.05) is 13.2 Å². The molecule has 1 atom stereocenters. The summed E-state index contributed by atoms with van der Waals surface area (Å²) in [5.41, 5.74) is -1.15. The van der Waals surface area contributed by atoms with Crippen LogP contribution in [0.5, 0.6) is 0 Å². The van der Waals surface area contributed by atoms with Gasteiger partial charge in [0.15, 0.2) is 0 Å². The van der Waals surface area contributed by atoms with Crippen LogP contribution in [0, 0.1) is 0 Å². The Kier molecular flexibility index (Phi) is 8.21. The van der Waals surface area contributed by atoms with Gasteiger partial charge in [-0.2, -0.15) is 0 Å². The summed E-state index contributed by atoms with van der Waals surface area (Å²) in [5, 5.41) is 18.2. The van der Waals surface area contributed by atoms with Crippen LogP contribution in [0.3, 0.4) is 0 Å². The molecule has 0 spiro atoms. The lowest BCUT2D eigenvalue weighted by atomic mass is 10.1. The lowest BCUT2D eigenvalue weighted by Crippen LogP contribution is -2.30. The number of carbonyl (C=O) groups excluding carboxylic acids is 1. The van der Waals surface area contributed by atoms with Gasteiger partial charge in [0.1, 0.15) is 0 Å². The van der Waals surface area contributed by atoms with Crippen molar-refractivity contribution >= 4 is 5.97 Å². The lowest BCUT2D eigenvalue weighted by molar-refractivity contribution is -0.145. The first-order valence-corrected chi connectivity index (χ1v) is 6.00. The van der Waals surface area contributed by atoms with Gasteiger partial charge in [-0.25, -0.2) is 0 Å². The van der Waals surface area contributed by atoms with Crippen molar-refractivity contribution in [2.45, 2.75) is 58.0 Å². The van der Waals surface area contributed by atoms with Crippen LogP contribution in [0.1, 0.15) is 52.4 Å². The van der Waals surface area contributed by atoms with E-state index in [1.54, 1.807) is 0 Å². The summed E-state index contributed by atoms with van der Waals surface area (Å²) in [6.45, 7) is 3.48. The number of hydrogen-bond donors (Lipinski definition) is 2. The van der Waals surface area contributed by atoms with Crippen molar-refractivity contribution < 1.29 is 19.7 Å². The van der Waals surface area contributed by atoms with E-state index >= 15 is 0 Å². The van der Waals surface area contributed by atoms with Crippen LogP contribution < -0.4 is 0 Å². The standard InChI is InChI=1S/C12H24O4/c1-3-4-5-6-7-11(14)16-9-8-12(2,15)10-13/h13,15H,3-10H2,1-2H3. The highest BCUT2D eigenvalue weighted by Gasteiger charge is 2.19. The summed E-state index contributed by atoms with van der Waals surface area (Å²) in [7, 11) is 0. The van der Waals surface area contributed by atoms with Crippen LogP contribution in [0.2, 0.25) is 0 Å². The van der Waals surface area contributed by atoms with Crippen LogP contribution in [0.4, 0.5) is 0 Å². The predicted molar refractivity (Wildman–Crippen MR) is 62.0 cm³/mol. The van der Waals surface area contributed by atoms with Crippen molar-refractivity contribution in [3.8, 4) is 0 Å². The molecule has 0 aromatic carbocycles. The Bertz CT molecular complexity index is 189. The smallest absolute Gasteiger partial charge is 0.305 e. The second kappa shape index (κ2) is 8.53. The molecule has 4 heteroatoms. The van der Waals surface area contributed by atoms with Crippen molar-refractivity contribution in [2.24, 2.45) is 0 Å². The molecule has 0 radical (unpaired) electrons. The molecule has 2 N–H and O–H groups in total. The Morgan fingerprint density at radius 2 is 2.00 bits per heavy atom. The Morgan fingerprint density at radius 1 is 1.31 bits per heavy atom. The van der Waals surface area contributed by atoms with Gasteiger partial charge >= 0.3 is 5.97 Å². The fraction of sp³-hybridized carbons (Fsp3) is 0.917. The van der Waals surface area contributed by atoms with E-state index < -0.39 is 5.60 Å². The van der Waals surface area contributed by atoms with E-state index in [-0.39, 0.29) is 25.6 Å². The Morgan fingerprint density at radius 3 is 2.56 bits per heavy atom. The number of carbonyl (C=O) groups is 1. The van der Waals surface area contributed by atoms with Gasteiger partial charge in [-0.05, 0) is 13.3 Å². The molecule has 4 nitrogen and oxygen atoms in total. The minimum absolute atomic E-state index is 0.167. The fourth-order valence-corrected chi connectivity index (χ4v) is 1.23. The summed E-state index contributed by atoms with van der Waals surface area (Å²) in [6.07, 6.45) is 4.93. The number of aliphatic hydroxyl groups is 2. The van der Waals surface area contributed by atoms with Crippen LogP contribution in [0.15, 0.2) is 0 Å². The van der Waals surface area contributed by atoms with Gasteiger partial charge in [0.2, 0.25) is 0 Å². The summed E-state index contributed by atoms with van der Waals surface area (Å²) < 4.78 is 4.95. The van der Waals surface area contributed by atoms with Gasteiger partial charge in [-0.15, -0.1) is 0 Å². The molecular formula is C12H24O4. The van der Waals surface area contributed by atoms with Crippen LogP contribution in [0.25, 0.3) is 0 Å². The SMILES string of the molecule is CCCCCCC(=O)OCCC(C)(O)CO. The maximum Gasteiger partial charge on any atom is 0.305 e. The lowest BCUT2D eigenvalue weighted by Gasteiger charge is -2.19. The summed E-state index contributed by atoms with van der Waals surface area (Å²) in [6, 6.07) is 0. The first kappa shape index (κ1) is 15.4. The molecule has 0 aliphatic heterocycles. The molecule has 0 aromatic heterocycles. The highest BCUT2D eigenvalue weighted by atomic mass is 16.5. The van der Waals surface area contributed by atoms with Gasteiger partial charge < -0.3 is 14.9 Å². The zero-order chi connectivity index (χ0) is 12.4. The van der Waals surface area contributed by atoms with E-state index in [9.17, 15) is 9.90 Å². The van der Waals surface area contributed by atoms with E-state index in [1.807, 2.05) is 0 Å². The normalized spacial score (nSPS) is 14.5. The van der Waals surface area contributed by atoms with Crippen molar-refractivity contribution in [3.05, 3.63) is 0 Å². The highest BCUT2D eigenvalue weighted by Crippen LogP contribution is 2.09. The van der Waals surface area contributed by atoms with Crippen LogP contribution >= 0.6 is 0 Å². The monoisotopic (exact) mass is 232 g/mol. The van der Waals surface area contributed by atoms with Gasteiger partial charge in [-0.1, -0.05) is 26.2 Å². The molecule has 0 saturated heterocycles. The molecule has 0 saturated carbocycles. The number of unbranched alkanes of at least 4 members (excludes halogenated alkanes) is 3. The summed E-state index contributed by atoms with van der Waals surface area (Å²) in [4.78, 5) is 11.2. The molecular weight excluding hydrogens is 208 g/mol. The number of esters is 1. The van der Waals surface area contributed by atoms with E-state index in [0.717, 1.165) is 25.7 Å². The molecule has 0 bridgehead atoms. The van der Waals surface area contributed by atoms with Gasteiger partial charge in [0.05, 0.1) is 18.8 Å². The van der Waals surface area contributed by atoms with Gasteiger partial charge in [-0.3, -0.25) is 4.79 Å². The first-order valence-electron chi connectivity index (χ1n) is 6.00. The molecule has 16 heavy (non-hydrogen) atoms. The first-order chi connectivity index (χ1) is 7.52. The minimum atomic E-state index is -1.15. The minimum Gasteiger partial charge on any atom is -0.466 e. The molecule has 0 aromatic rings. The van der Waals surface area contributed by atoms with E-state index in [0.29, 0.717) is 6.42 Å². The fourth-order valence-electron chi connectivity index (χ4n) is 1.23. The second-order valence-electron chi connectivity index (χ2n) is 4.44. The summed E-state index contributed by atoms with van der Waals surface area (Å²) >= 11 is 0. The molecule has 0 amide bonds. The average Bonchev–Trinajstić information content (AvgIpc) is 2.24. The molecule has 0 rings (SSSR count). The van der Waals surface area contributed by atoms with Crippen molar-refractivity contribution in [1.82, 2.24) is 0 Å². The number of aliphatic hydroxyl groups excluding tert-OH is 1. The molecule has 0 aliphatic carbocycles. The summed E-state index contributed by atoms with van der Waals surface area (Å²) in [5.74, 6) is -0.218. The maximum atomic E-state index is 11.2. The second-order valence-corrected chi connectivity index (χ2v) is 4.44. The zero-order valence-electron chi connectivity index (χ0n) is 10.4. The van der Waals surface area contributed by atoms with Crippen LogP contribution in [-0.4, -0.2) is 35.0 Å². The third kappa shape index (κ3) is 8.68. The Balaban J connectivity index is 3.44. The molecule has 0 heterocycles. The Labute approximate surface area is 97.6 Å². The van der Waals surface area contributed by atoms with Crippen LogP contribution in [-0.2, 0) is 9.53 Å². The molecule has 0 fully saturated rings. The van der Waals surface area contributed by atoms with E-state index in [2.05, 4.69) is 6.92 Å². The zero-order valence-corrected chi connectivity index (χ0v) is 10.4. The number of ether oxygens (including phenoxy) is 1. The number of hydrogen-bond acceptors (Lipinski definition) is 4. The maximum absolute atomic E-state index is 11.2. The number of rotatable bonds is 9. The predicted octanol–water partition coefficient (Wildman–Crippen LogP) is 1.63. The van der Waals surface area contributed by atoms with Crippen molar-refractivity contribution in [1.29, 1.82) is 0 Å². The average molecular weight is 232 g/mol. The third-order valence-corrected chi connectivity index (χ3v) is 2.48. The molecule has 0 aliphatic rings. The molecule has 96 valence electrons. The third-order valence-electron chi connectivity index (χ3n) is 2.48. The quantitative estimate of drug-likeness (QED) is 0.468. The van der Waals surface area contributed by atoms with E-state index in [4.69, 9.17) is 9.84 Å². The van der Waals surface area contributed by atoms with Crippen molar-refractivity contribution in [3.63, 3.8) is 0 Å². The largest absolute Gasteiger partial charge is 0.466 e. The van der Waals surface area contributed by atoms with Gasteiger partial charge in [0, 0.05) is 12.8 Å². The Hall–Kier alpha value is -0.610. The highest BCUT2D eigenvalue weighted by molar-refractivity contribution is 5.69. The van der Waals surface area contributed by atoms with Gasteiger partial charge in [0.25, 0.3) is 0 Å². The van der Waals surface area contributed by atoms with E-state index in [1.165, 1.54) is 6.92 Å². The molecule has 1 unspecified atom stereocenters.